The van der Waals surface area contributed by atoms with E-state index in [0.29, 0.717) is 47.3 Å². The second-order valence-corrected chi connectivity index (χ2v) is 9.32. The predicted octanol–water partition coefficient (Wildman–Crippen LogP) is 9.83. The lowest BCUT2D eigenvalue weighted by atomic mass is 9.91. The average molecular weight is 618 g/mol. The average Bonchev–Trinajstić information content (AvgIpc) is 3.49. The molecule has 1 aliphatic heterocycles. The lowest BCUT2D eigenvalue weighted by Crippen LogP contribution is -2.11. The second kappa shape index (κ2) is 8.98. The van der Waals surface area contributed by atoms with Crippen molar-refractivity contribution >= 4 is 45.5 Å². The van der Waals surface area contributed by atoms with E-state index in [0.717, 1.165) is 0 Å². The Morgan fingerprint density at radius 2 is 0.750 bits per heavy atom. The number of alkyl halides is 12. The highest BCUT2D eigenvalue weighted by atomic mass is 32.1. The first kappa shape index (κ1) is 28.0. The maximum atomic E-state index is 13.5. The van der Waals surface area contributed by atoms with Crippen molar-refractivity contribution in [2.75, 3.05) is 0 Å². The number of nitrogens with zero attached hydrogens (tertiary/aromatic N) is 4. The number of aromatic nitrogens is 2. The first-order valence-electron chi connectivity index (χ1n) is 10.4. The van der Waals surface area contributed by atoms with Crippen molar-refractivity contribution in [1.29, 1.82) is 0 Å². The Bertz CT molecular complexity index is 1550. The zero-order chi connectivity index (χ0) is 29.4. The molecule has 2 heterocycles. The zero-order valence-corrected chi connectivity index (χ0v) is 20.2. The molecule has 5 rings (SSSR count). The summed E-state index contributed by atoms with van der Waals surface area (Å²) >= 11 is 0.765. The summed E-state index contributed by atoms with van der Waals surface area (Å²) in [7, 11) is 0. The van der Waals surface area contributed by atoms with Crippen LogP contribution < -0.4 is 0 Å². The van der Waals surface area contributed by atoms with Gasteiger partial charge in [0.05, 0.1) is 45.3 Å². The summed E-state index contributed by atoms with van der Waals surface area (Å²) in [6.07, 6.45) is -20.8. The molecule has 0 fully saturated rings. The molecule has 0 N–H and O–H groups in total. The van der Waals surface area contributed by atoms with Gasteiger partial charge in [-0.1, -0.05) is 0 Å². The van der Waals surface area contributed by atoms with E-state index in [1.54, 1.807) is 0 Å². The molecule has 210 valence electrons. The third-order valence-electron chi connectivity index (χ3n) is 5.68. The minimum Gasteiger partial charge on any atom is -0.172 e. The number of hydrogen-bond donors (Lipinski definition) is 0. The molecule has 40 heavy (non-hydrogen) atoms. The van der Waals surface area contributed by atoms with Crippen LogP contribution in [0.15, 0.2) is 45.1 Å². The lowest BCUT2D eigenvalue weighted by molar-refractivity contribution is -0.144. The van der Waals surface area contributed by atoms with Gasteiger partial charge in [-0.25, -0.2) is 0 Å². The molecule has 4 nitrogen and oxygen atoms in total. The summed E-state index contributed by atoms with van der Waals surface area (Å²) in [6, 6.07) is 1.38. The van der Waals surface area contributed by atoms with E-state index < -0.39 is 91.6 Å². The van der Waals surface area contributed by atoms with Gasteiger partial charge in [0, 0.05) is 11.1 Å². The van der Waals surface area contributed by atoms with Gasteiger partial charge in [-0.2, -0.15) is 70.2 Å². The van der Waals surface area contributed by atoms with Gasteiger partial charge in [-0.15, -0.1) is 0 Å². The molecule has 0 radical (unpaired) electrons. The van der Waals surface area contributed by atoms with Crippen molar-refractivity contribution in [1.82, 2.24) is 8.75 Å². The topological polar surface area (TPSA) is 50.5 Å². The van der Waals surface area contributed by atoms with Crippen molar-refractivity contribution in [3.63, 3.8) is 0 Å². The number of halogens is 12. The van der Waals surface area contributed by atoms with Crippen LogP contribution >= 0.6 is 11.7 Å². The van der Waals surface area contributed by atoms with Gasteiger partial charge in [0.15, 0.2) is 0 Å². The fourth-order valence-electron chi connectivity index (χ4n) is 4.00. The van der Waals surface area contributed by atoms with Crippen LogP contribution in [0.1, 0.15) is 22.3 Å². The molecule has 0 saturated carbocycles. The van der Waals surface area contributed by atoms with E-state index >= 15 is 0 Å². The normalized spacial score (nSPS) is 14.1. The van der Waals surface area contributed by atoms with Crippen molar-refractivity contribution in [2.45, 2.75) is 24.7 Å². The van der Waals surface area contributed by atoms with E-state index in [9.17, 15) is 52.7 Å². The smallest absolute Gasteiger partial charge is 0.172 e. The summed E-state index contributed by atoms with van der Waals surface area (Å²) in [5.41, 5.74) is -10.4. The minimum absolute atomic E-state index is 0.105. The maximum Gasteiger partial charge on any atom is 0.416 e. The zero-order valence-electron chi connectivity index (χ0n) is 18.6. The molecule has 0 spiro atoms. The van der Waals surface area contributed by atoms with E-state index in [1.807, 2.05) is 0 Å². The third-order valence-corrected chi connectivity index (χ3v) is 6.73. The summed E-state index contributed by atoms with van der Waals surface area (Å²) in [5.74, 6) is 0. The number of rotatable bonds is 2. The first-order chi connectivity index (χ1) is 18.4. The summed E-state index contributed by atoms with van der Waals surface area (Å²) in [5, 5.41) is 0. The fourth-order valence-corrected chi connectivity index (χ4v) is 5.12. The van der Waals surface area contributed by atoms with Gasteiger partial charge in [-0.3, -0.25) is 0 Å². The van der Waals surface area contributed by atoms with E-state index in [-0.39, 0.29) is 12.1 Å². The van der Waals surface area contributed by atoms with E-state index in [2.05, 4.69) is 17.5 Å². The van der Waals surface area contributed by atoms with Gasteiger partial charge in [0.2, 0.25) is 0 Å². The maximum absolute atomic E-state index is 13.5. The Morgan fingerprint density at radius 3 is 1.02 bits per heavy atom. The Hall–Kier alpha value is -3.54. The summed E-state index contributed by atoms with van der Waals surface area (Å²) in [6.45, 7) is 0. The van der Waals surface area contributed by atoms with Gasteiger partial charge < -0.3 is 0 Å². The predicted molar refractivity (Wildman–Crippen MR) is 120 cm³/mol. The molecule has 4 aromatic rings. The highest BCUT2D eigenvalue weighted by molar-refractivity contribution is 7.58. The summed E-state index contributed by atoms with van der Waals surface area (Å²) < 4.78 is 178. The lowest BCUT2D eigenvalue weighted by Gasteiger charge is -2.18. The molecule has 0 aliphatic carbocycles. The third kappa shape index (κ3) is 4.93. The molecular weight excluding hydrogens is 612 g/mol. The van der Waals surface area contributed by atoms with Crippen LogP contribution in [-0.2, 0) is 36.1 Å². The monoisotopic (exact) mass is 618 g/mol. The van der Waals surface area contributed by atoms with Gasteiger partial charge in [0.1, 0.15) is 22.4 Å². The molecule has 0 bridgehead atoms. The van der Waals surface area contributed by atoms with Crippen molar-refractivity contribution in [3.8, 4) is 22.3 Å². The molecule has 0 unspecified atom stereocenters. The standard InChI is InChI=1S/C22H6F12N4S2/c23-19(24,25)9-1-7(2-10(5-9)20(26,27)28)13-15-17(37-39-35-15)14(18-16(13)36-40-38-18)8-3-11(21(29,30)31)6-12(4-8)22(32,33)34/h1-6H. The van der Waals surface area contributed by atoms with Crippen LogP contribution in [0.25, 0.3) is 33.3 Å². The first-order valence-corrected chi connectivity index (χ1v) is 11.8. The number of benzene rings is 3. The van der Waals surface area contributed by atoms with Crippen molar-refractivity contribution in [3.05, 3.63) is 58.7 Å². The van der Waals surface area contributed by atoms with E-state index in [4.69, 9.17) is 0 Å². The molecule has 0 atom stereocenters. The molecule has 0 saturated heterocycles. The van der Waals surface area contributed by atoms with Crippen LogP contribution in [0.5, 0.6) is 0 Å². The SMILES string of the molecule is FC(F)(F)c1cc(-c2c3c(c(-c4cc(C(F)(F)F)cc(C(F)(F)F)c4)c4nsnc24)N=S=N3)cc(C(F)(F)F)c1. The second-order valence-electron chi connectivity index (χ2n) is 8.26. The molecular formula is C22H6F12N4S2. The number of fused-ring (bicyclic) bond motifs is 2. The summed E-state index contributed by atoms with van der Waals surface area (Å²) in [4.78, 5) is 0. The Morgan fingerprint density at radius 1 is 0.450 bits per heavy atom. The fraction of sp³-hybridized carbons (Fsp3) is 0.182. The Kier molecular flexibility index (Phi) is 6.29. The van der Waals surface area contributed by atoms with Crippen molar-refractivity contribution in [2.24, 2.45) is 8.73 Å². The minimum atomic E-state index is -5.21. The number of hydrogen-bond acceptors (Lipinski definition) is 5. The van der Waals surface area contributed by atoms with Gasteiger partial charge in [-0.05, 0) is 47.5 Å². The van der Waals surface area contributed by atoms with Crippen LogP contribution in [0.3, 0.4) is 0 Å². The molecule has 1 aromatic heterocycles. The molecule has 0 amide bonds. The molecule has 1 aliphatic rings. The quantitative estimate of drug-likeness (QED) is 0.185. The largest absolute Gasteiger partial charge is 0.416 e. The van der Waals surface area contributed by atoms with Gasteiger partial charge >= 0.3 is 24.7 Å². The Balaban J connectivity index is 1.86. The van der Waals surface area contributed by atoms with Crippen LogP contribution in [0, 0.1) is 0 Å². The highest BCUT2D eigenvalue weighted by Gasteiger charge is 2.40. The van der Waals surface area contributed by atoms with Gasteiger partial charge in [0.25, 0.3) is 0 Å². The van der Waals surface area contributed by atoms with Crippen LogP contribution in [-0.4, -0.2) is 8.75 Å². The van der Waals surface area contributed by atoms with Crippen molar-refractivity contribution < 1.29 is 52.7 Å². The molecule has 18 heteroatoms. The molecule has 3 aromatic carbocycles. The van der Waals surface area contributed by atoms with Crippen LogP contribution in [0.4, 0.5) is 64.1 Å². The van der Waals surface area contributed by atoms with E-state index in [1.165, 1.54) is 0 Å². The highest BCUT2D eigenvalue weighted by Crippen LogP contribution is 2.53. The van der Waals surface area contributed by atoms with Crippen LogP contribution in [0.2, 0.25) is 0 Å². The Labute approximate surface area is 221 Å².